The molecule has 78 valence electrons. The van der Waals surface area contributed by atoms with Gasteiger partial charge in [-0.05, 0) is 23.3 Å². The van der Waals surface area contributed by atoms with E-state index in [2.05, 4.69) is 5.10 Å². The van der Waals surface area contributed by atoms with Gasteiger partial charge in [0.2, 0.25) is 0 Å². The molecule has 1 aromatic carbocycles. The van der Waals surface area contributed by atoms with Crippen molar-refractivity contribution in [3.8, 4) is 11.1 Å². The Hall–Kier alpha value is -1.32. The lowest BCUT2D eigenvalue weighted by Crippen LogP contribution is -1.98. The predicted octanol–water partition coefficient (Wildman–Crippen LogP) is 2.20. The molecular weight excluding hydrogens is 210 g/mol. The van der Waals surface area contributed by atoms with Gasteiger partial charge in [0.25, 0.3) is 0 Å². The van der Waals surface area contributed by atoms with Crippen molar-refractivity contribution in [1.29, 1.82) is 0 Å². The van der Waals surface area contributed by atoms with Crippen LogP contribution in [0.4, 0.5) is 0 Å². The van der Waals surface area contributed by atoms with Crippen LogP contribution in [0, 0.1) is 0 Å². The SMILES string of the molecule is Cn1cc(-c2cc(Cl)ccc2CN)cn1. The summed E-state index contributed by atoms with van der Waals surface area (Å²) in [6.07, 6.45) is 3.76. The zero-order valence-electron chi connectivity index (χ0n) is 8.44. The Balaban J connectivity index is 2.55. The molecule has 0 unspecified atom stereocenters. The minimum Gasteiger partial charge on any atom is -0.326 e. The first-order valence-electron chi connectivity index (χ1n) is 4.68. The molecular formula is C11H12ClN3. The zero-order valence-corrected chi connectivity index (χ0v) is 9.20. The third-order valence-corrected chi connectivity index (χ3v) is 2.54. The van der Waals surface area contributed by atoms with Gasteiger partial charge in [-0.3, -0.25) is 4.68 Å². The molecule has 0 saturated carbocycles. The van der Waals surface area contributed by atoms with Crippen molar-refractivity contribution in [2.24, 2.45) is 12.8 Å². The van der Waals surface area contributed by atoms with Crippen molar-refractivity contribution < 1.29 is 0 Å². The second-order valence-corrected chi connectivity index (χ2v) is 3.84. The molecule has 2 rings (SSSR count). The van der Waals surface area contributed by atoms with Crippen LogP contribution >= 0.6 is 11.6 Å². The van der Waals surface area contributed by atoms with Gasteiger partial charge in [0.1, 0.15) is 0 Å². The quantitative estimate of drug-likeness (QED) is 0.845. The van der Waals surface area contributed by atoms with Crippen molar-refractivity contribution in [2.45, 2.75) is 6.54 Å². The molecule has 0 aliphatic rings. The van der Waals surface area contributed by atoms with Gasteiger partial charge in [0.05, 0.1) is 6.20 Å². The summed E-state index contributed by atoms with van der Waals surface area (Å²) in [6, 6.07) is 5.72. The van der Waals surface area contributed by atoms with Crippen LogP contribution in [0.25, 0.3) is 11.1 Å². The molecule has 0 atom stereocenters. The largest absolute Gasteiger partial charge is 0.326 e. The van der Waals surface area contributed by atoms with E-state index in [1.165, 1.54) is 0 Å². The highest BCUT2D eigenvalue weighted by Gasteiger charge is 2.06. The van der Waals surface area contributed by atoms with Crippen molar-refractivity contribution in [1.82, 2.24) is 9.78 Å². The van der Waals surface area contributed by atoms with Crippen LogP contribution in [0.1, 0.15) is 5.56 Å². The van der Waals surface area contributed by atoms with E-state index in [1.54, 1.807) is 4.68 Å². The van der Waals surface area contributed by atoms with E-state index in [1.807, 2.05) is 37.6 Å². The normalized spacial score (nSPS) is 10.6. The Morgan fingerprint density at radius 1 is 1.47 bits per heavy atom. The number of halogens is 1. The van der Waals surface area contributed by atoms with Crippen LogP contribution in [0.3, 0.4) is 0 Å². The Morgan fingerprint density at radius 3 is 2.87 bits per heavy atom. The molecule has 0 aliphatic heterocycles. The van der Waals surface area contributed by atoms with Gasteiger partial charge in [-0.25, -0.2) is 0 Å². The average Bonchev–Trinajstić information content (AvgIpc) is 2.65. The third kappa shape index (κ3) is 2.03. The standard InChI is InChI=1S/C11H12ClN3/c1-15-7-9(6-14-15)11-4-10(12)3-2-8(11)5-13/h2-4,6-7H,5,13H2,1H3. The van der Waals surface area contributed by atoms with Crippen molar-refractivity contribution in [2.75, 3.05) is 0 Å². The second kappa shape index (κ2) is 4.04. The van der Waals surface area contributed by atoms with Gasteiger partial charge in [-0.2, -0.15) is 5.10 Å². The van der Waals surface area contributed by atoms with E-state index in [-0.39, 0.29) is 0 Å². The number of hydrogen-bond donors (Lipinski definition) is 1. The molecule has 0 bridgehead atoms. The van der Waals surface area contributed by atoms with Crippen LogP contribution in [-0.4, -0.2) is 9.78 Å². The van der Waals surface area contributed by atoms with Gasteiger partial charge >= 0.3 is 0 Å². The molecule has 2 aromatic rings. The van der Waals surface area contributed by atoms with Gasteiger partial charge in [0, 0.05) is 30.4 Å². The number of aryl methyl sites for hydroxylation is 1. The maximum Gasteiger partial charge on any atom is 0.0568 e. The number of nitrogens with zero attached hydrogens (tertiary/aromatic N) is 2. The summed E-state index contributed by atoms with van der Waals surface area (Å²) in [5.41, 5.74) is 8.85. The van der Waals surface area contributed by atoms with E-state index in [9.17, 15) is 0 Å². The van der Waals surface area contributed by atoms with Gasteiger partial charge in [-0.15, -0.1) is 0 Å². The molecule has 0 saturated heterocycles. The minimum atomic E-state index is 0.501. The fourth-order valence-electron chi connectivity index (χ4n) is 1.56. The summed E-state index contributed by atoms with van der Waals surface area (Å²) in [5, 5.41) is 4.84. The summed E-state index contributed by atoms with van der Waals surface area (Å²) in [5.74, 6) is 0. The lowest BCUT2D eigenvalue weighted by atomic mass is 10.0. The zero-order chi connectivity index (χ0) is 10.8. The second-order valence-electron chi connectivity index (χ2n) is 3.41. The monoisotopic (exact) mass is 221 g/mol. The van der Waals surface area contributed by atoms with Gasteiger partial charge in [0.15, 0.2) is 0 Å². The first-order valence-corrected chi connectivity index (χ1v) is 5.06. The van der Waals surface area contributed by atoms with E-state index in [4.69, 9.17) is 17.3 Å². The highest BCUT2D eigenvalue weighted by molar-refractivity contribution is 6.30. The molecule has 1 heterocycles. The fraction of sp³-hybridized carbons (Fsp3) is 0.182. The number of benzene rings is 1. The minimum absolute atomic E-state index is 0.501. The van der Waals surface area contributed by atoms with Gasteiger partial charge < -0.3 is 5.73 Å². The van der Waals surface area contributed by atoms with Crippen LogP contribution in [0.15, 0.2) is 30.6 Å². The maximum atomic E-state index is 5.96. The average molecular weight is 222 g/mol. The van der Waals surface area contributed by atoms with Crippen LogP contribution in [0.2, 0.25) is 5.02 Å². The predicted molar refractivity (Wildman–Crippen MR) is 61.5 cm³/mol. The number of rotatable bonds is 2. The molecule has 0 fully saturated rings. The summed E-state index contributed by atoms with van der Waals surface area (Å²) in [7, 11) is 1.89. The Bertz CT molecular complexity index is 476. The molecule has 4 heteroatoms. The van der Waals surface area contributed by atoms with E-state index in [0.717, 1.165) is 16.7 Å². The Kier molecular flexibility index (Phi) is 2.75. The van der Waals surface area contributed by atoms with Crippen molar-refractivity contribution >= 4 is 11.6 Å². The summed E-state index contributed by atoms with van der Waals surface area (Å²) in [4.78, 5) is 0. The van der Waals surface area contributed by atoms with Crippen molar-refractivity contribution in [3.63, 3.8) is 0 Å². The lowest BCUT2D eigenvalue weighted by Gasteiger charge is -2.05. The van der Waals surface area contributed by atoms with E-state index >= 15 is 0 Å². The van der Waals surface area contributed by atoms with Gasteiger partial charge in [-0.1, -0.05) is 17.7 Å². The number of aromatic nitrogens is 2. The molecule has 0 spiro atoms. The summed E-state index contributed by atoms with van der Waals surface area (Å²) >= 11 is 5.96. The highest BCUT2D eigenvalue weighted by atomic mass is 35.5. The van der Waals surface area contributed by atoms with Crippen LogP contribution in [0.5, 0.6) is 0 Å². The third-order valence-electron chi connectivity index (χ3n) is 2.31. The fourth-order valence-corrected chi connectivity index (χ4v) is 1.73. The first-order chi connectivity index (χ1) is 7.20. The molecule has 0 aliphatic carbocycles. The smallest absolute Gasteiger partial charge is 0.0568 e. The first kappa shape index (κ1) is 10.2. The Labute approximate surface area is 93.5 Å². The van der Waals surface area contributed by atoms with Crippen molar-refractivity contribution in [3.05, 3.63) is 41.2 Å². The highest BCUT2D eigenvalue weighted by Crippen LogP contribution is 2.26. The molecule has 0 amide bonds. The molecule has 15 heavy (non-hydrogen) atoms. The Morgan fingerprint density at radius 2 is 2.27 bits per heavy atom. The molecule has 0 radical (unpaired) electrons. The van der Waals surface area contributed by atoms with Crippen LogP contribution < -0.4 is 5.73 Å². The topological polar surface area (TPSA) is 43.8 Å². The summed E-state index contributed by atoms with van der Waals surface area (Å²) in [6.45, 7) is 0.501. The number of nitrogens with two attached hydrogens (primary N) is 1. The molecule has 2 N–H and O–H groups in total. The summed E-state index contributed by atoms with van der Waals surface area (Å²) < 4.78 is 1.76. The van der Waals surface area contributed by atoms with E-state index in [0.29, 0.717) is 11.6 Å². The molecule has 1 aromatic heterocycles. The molecule has 3 nitrogen and oxygen atoms in total. The number of hydrogen-bond acceptors (Lipinski definition) is 2. The maximum absolute atomic E-state index is 5.96. The van der Waals surface area contributed by atoms with Crippen LogP contribution in [-0.2, 0) is 13.6 Å². The van der Waals surface area contributed by atoms with E-state index < -0.39 is 0 Å². The lowest BCUT2D eigenvalue weighted by molar-refractivity contribution is 0.768.